The summed E-state index contributed by atoms with van der Waals surface area (Å²) in [6, 6.07) is 8.02. The Kier molecular flexibility index (Phi) is 5.58. The van der Waals surface area contributed by atoms with Gasteiger partial charge in [0.1, 0.15) is 0 Å². The molecule has 1 aromatic carbocycles. The average molecular weight is 300 g/mol. The number of thioether (sulfide) groups is 1. The van der Waals surface area contributed by atoms with Crippen LogP contribution >= 0.6 is 23.4 Å². The zero-order chi connectivity index (χ0) is 13.7. The van der Waals surface area contributed by atoms with Gasteiger partial charge in [0.25, 0.3) is 0 Å². The minimum atomic E-state index is -0.0632. The molecule has 1 fully saturated rings. The van der Waals surface area contributed by atoms with Gasteiger partial charge < -0.3 is 10.4 Å². The standard InChI is InChI=1S/C15H22ClNOS/c1-2-8-17-15(11-18)7-6-14(10-15)19-13-5-3-4-12(16)9-13/h3-5,9,14,17-18H,2,6-8,10-11H2,1H3. The Balaban J connectivity index is 1.93. The fraction of sp³-hybridized carbons (Fsp3) is 0.600. The average Bonchev–Trinajstić information content (AvgIpc) is 2.80. The maximum Gasteiger partial charge on any atom is 0.0613 e. The molecular formula is C15H22ClNOS. The van der Waals surface area contributed by atoms with Crippen molar-refractivity contribution in [1.82, 2.24) is 5.32 Å². The molecule has 0 radical (unpaired) electrons. The number of hydrogen-bond donors (Lipinski definition) is 2. The van der Waals surface area contributed by atoms with E-state index in [-0.39, 0.29) is 12.1 Å². The summed E-state index contributed by atoms with van der Waals surface area (Å²) in [5.74, 6) is 0. The van der Waals surface area contributed by atoms with E-state index < -0.39 is 0 Å². The van der Waals surface area contributed by atoms with Gasteiger partial charge in [-0.3, -0.25) is 0 Å². The number of nitrogens with one attached hydrogen (secondary N) is 1. The van der Waals surface area contributed by atoms with Gasteiger partial charge in [0.05, 0.1) is 6.61 Å². The van der Waals surface area contributed by atoms with Gasteiger partial charge in [0.2, 0.25) is 0 Å². The monoisotopic (exact) mass is 299 g/mol. The molecule has 4 heteroatoms. The third-order valence-corrected chi connectivity index (χ3v) is 5.21. The predicted octanol–water partition coefficient (Wildman–Crippen LogP) is 3.72. The molecule has 2 rings (SSSR count). The van der Waals surface area contributed by atoms with Gasteiger partial charge in [0.15, 0.2) is 0 Å². The van der Waals surface area contributed by atoms with E-state index in [1.165, 1.54) is 4.90 Å². The normalized spacial score (nSPS) is 26.8. The first-order valence-electron chi connectivity index (χ1n) is 6.95. The van der Waals surface area contributed by atoms with Crippen LogP contribution in [0.2, 0.25) is 5.02 Å². The number of rotatable bonds is 6. The number of hydrogen-bond acceptors (Lipinski definition) is 3. The summed E-state index contributed by atoms with van der Waals surface area (Å²) in [4.78, 5) is 1.22. The molecule has 0 bridgehead atoms. The Hall–Kier alpha value is -0.220. The van der Waals surface area contributed by atoms with Crippen LogP contribution in [0.1, 0.15) is 32.6 Å². The molecule has 0 heterocycles. The van der Waals surface area contributed by atoms with E-state index >= 15 is 0 Å². The Morgan fingerprint density at radius 3 is 3.05 bits per heavy atom. The van der Waals surface area contributed by atoms with Gasteiger partial charge in [-0.2, -0.15) is 0 Å². The number of benzene rings is 1. The predicted molar refractivity (Wildman–Crippen MR) is 83.1 cm³/mol. The molecule has 2 N–H and O–H groups in total. The molecule has 1 saturated carbocycles. The molecule has 0 aromatic heterocycles. The van der Waals surface area contributed by atoms with Gasteiger partial charge in [-0.25, -0.2) is 0 Å². The fourth-order valence-corrected chi connectivity index (χ4v) is 4.29. The largest absolute Gasteiger partial charge is 0.394 e. The lowest BCUT2D eigenvalue weighted by Gasteiger charge is -2.28. The summed E-state index contributed by atoms with van der Waals surface area (Å²) in [5, 5.41) is 14.6. The second-order valence-electron chi connectivity index (χ2n) is 5.31. The van der Waals surface area contributed by atoms with Crippen molar-refractivity contribution in [2.75, 3.05) is 13.2 Å². The molecular weight excluding hydrogens is 278 g/mol. The molecule has 0 saturated heterocycles. The summed E-state index contributed by atoms with van der Waals surface area (Å²) < 4.78 is 0. The van der Waals surface area contributed by atoms with Crippen LogP contribution in [0.5, 0.6) is 0 Å². The Morgan fingerprint density at radius 1 is 1.53 bits per heavy atom. The Bertz CT molecular complexity index is 415. The van der Waals surface area contributed by atoms with Crippen LogP contribution in [0.4, 0.5) is 0 Å². The van der Waals surface area contributed by atoms with Crippen molar-refractivity contribution in [3.8, 4) is 0 Å². The third-order valence-electron chi connectivity index (χ3n) is 3.71. The van der Waals surface area contributed by atoms with Crippen molar-refractivity contribution in [2.45, 2.75) is 48.3 Å². The molecule has 0 aliphatic heterocycles. The van der Waals surface area contributed by atoms with Crippen molar-refractivity contribution in [1.29, 1.82) is 0 Å². The van der Waals surface area contributed by atoms with E-state index in [1.807, 2.05) is 30.0 Å². The minimum absolute atomic E-state index is 0.0632. The zero-order valence-corrected chi connectivity index (χ0v) is 12.9. The number of halogens is 1. The van der Waals surface area contributed by atoms with Crippen molar-refractivity contribution in [3.63, 3.8) is 0 Å². The van der Waals surface area contributed by atoms with Crippen LogP contribution < -0.4 is 5.32 Å². The summed E-state index contributed by atoms with van der Waals surface area (Å²) in [6.07, 6.45) is 4.34. The van der Waals surface area contributed by atoms with Crippen LogP contribution in [0.25, 0.3) is 0 Å². The quantitative estimate of drug-likeness (QED) is 0.840. The highest BCUT2D eigenvalue weighted by molar-refractivity contribution is 8.00. The molecule has 0 spiro atoms. The minimum Gasteiger partial charge on any atom is -0.394 e. The van der Waals surface area contributed by atoms with Crippen molar-refractivity contribution in [3.05, 3.63) is 29.3 Å². The molecule has 2 unspecified atom stereocenters. The SMILES string of the molecule is CCCNC1(CO)CCC(Sc2cccc(Cl)c2)C1. The van der Waals surface area contributed by atoms with Gasteiger partial charge >= 0.3 is 0 Å². The van der Waals surface area contributed by atoms with Gasteiger partial charge in [-0.1, -0.05) is 24.6 Å². The van der Waals surface area contributed by atoms with Crippen LogP contribution in [0.15, 0.2) is 29.2 Å². The van der Waals surface area contributed by atoms with Gasteiger partial charge in [0, 0.05) is 20.7 Å². The zero-order valence-electron chi connectivity index (χ0n) is 11.4. The van der Waals surface area contributed by atoms with E-state index in [2.05, 4.69) is 18.3 Å². The Morgan fingerprint density at radius 2 is 2.37 bits per heavy atom. The van der Waals surface area contributed by atoms with Crippen molar-refractivity contribution >= 4 is 23.4 Å². The second kappa shape index (κ2) is 6.98. The van der Waals surface area contributed by atoms with Crippen LogP contribution in [-0.4, -0.2) is 29.0 Å². The summed E-state index contributed by atoms with van der Waals surface area (Å²) in [5.41, 5.74) is -0.0632. The van der Waals surface area contributed by atoms with Gasteiger partial charge in [-0.15, -0.1) is 11.8 Å². The van der Waals surface area contributed by atoms with Crippen LogP contribution in [0.3, 0.4) is 0 Å². The smallest absolute Gasteiger partial charge is 0.0613 e. The highest BCUT2D eigenvalue weighted by atomic mass is 35.5. The second-order valence-corrected chi connectivity index (χ2v) is 7.12. The van der Waals surface area contributed by atoms with E-state index in [0.29, 0.717) is 5.25 Å². The summed E-state index contributed by atoms with van der Waals surface area (Å²) in [7, 11) is 0. The highest BCUT2D eigenvalue weighted by Gasteiger charge is 2.38. The van der Waals surface area contributed by atoms with Crippen molar-refractivity contribution in [2.24, 2.45) is 0 Å². The first-order chi connectivity index (χ1) is 9.17. The maximum atomic E-state index is 9.68. The van der Waals surface area contributed by atoms with E-state index in [1.54, 1.807) is 0 Å². The third kappa shape index (κ3) is 4.12. The van der Waals surface area contributed by atoms with E-state index in [4.69, 9.17) is 11.6 Å². The lowest BCUT2D eigenvalue weighted by atomic mass is 9.99. The molecule has 1 aromatic rings. The summed E-state index contributed by atoms with van der Waals surface area (Å²) in [6.45, 7) is 3.37. The molecule has 0 amide bonds. The molecule has 19 heavy (non-hydrogen) atoms. The number of aliphatic hydroxyl groups is 1. The van der Waals surface area contributed by atoms with E-state index in [0.717, 1.165) is 37.3 Å². The molecule has 2 atom stereocenters. The highest BCUT2D eigenvalue weighted by Crippen LogP contribution is 2.40. The van der Waals surface area contributed by atoms with Gasteiger partial charge in [-0.05, 0) is 50.4 Å². The lowest BCUT2D eigenvalue weighted by molar-refractivity contribution is 0.165. The molecule has 1 aliphatic carbocycles. The Labute approximate surface area is 124 Å². The number of aliphatic hydroxyl groups excluding tert-OH is 1. The fourth-order valence-electron chi connectivity index (χ4n) is 2.66. The molecule has 1 aliphatic rings. The van der Waals surface area contributed by atoms with E-state index in [9.17, 15) is 5.11 Å². The van der Waals surface area contributed by atoms with Crippen LogP contribution in [0, 0.1) is 0 Å². The first-order valence-corrected chi connectivity index (χ1v) is 8.21. The van der Waals surface area contributed by atoms with Crippen LogP contribution in [-0.2, 0) is 0 Å². The lowest BCUT2D eigenvalue weighted by Crippen LogP contribution is -2.46. The van der Waals surface area contributed by atoms with Crippen molar-refractivity contribution < 1.29 is 5.11 Å². The molecule has 106 valence electrons. The first kappa shape index (κ1) is 15.2. The summed E-state index contributed by atoms with van der Waals surface area (Å²) >= 11 is 7.90. The molecule has 2 nitrogen and oxygen atoms in total. The maximum absolute atomic E-state index is 9.68. The topological polar surface area (TPSA) is 32.3 Å².